The Morgan fingerprint density at radius 1 is 1.33 bits per heavy atom. The van der Waals surface area contributed by atoms with Crippen molar-refractivity contribution in [2.45, 2.75) is 39.9 Å². The van der Waals surface area contributed by atoms with Crippen molar-refractivity contribution < 1.29 is 4.79 Å². The number of nitrogens with zero attached hydrogens (tertiary/aromatic N) is 2. The molecular weight excluding hydrogens is 264 g/mol. The van der Waals surface area contributed by atoms with Crippen LogP contribution in [0.25, 0.3) is 0 Å². The Hall–Kier alpha value is -2.14. The molecule has 0 fully saturated rings. The number of nitrogens with two attached hydrogens (primary N) is 1. The first-order valence-electron chi connectivity index (χ1n) is 7.09. The van der Waals surface area contributed by atoms with E-state index in [9.17, 15) is 4.79 Å². The van der Waals surface area contributed by atoms with Crippen molar-refractivity contribution in [1.29, 1.82) is 0 Å². The van der Waals surface area contributed by atoms with Gasteiger partial charge < -0.3 is 11.1 Å². The Labute approximate surface area is 125 Å². The Bertz CT molecular complexity index is 617. The zero-order chi connectivity index (χ0) is 15.4. The molecule has 2 rings (SSSR count). The molecule has 1 atom stereocenters. The van der Waals surface area contributed by atoms with Crippen molar-refractivity contribution in [2.24, 2.45) is 5.73 Å². The zero-order valence-corrected chi connectivity index (χ0v) is 12.8. The summed E-state index contributed by atoms with van der Waals surface area (Å²) in [7, 11) is 0. The Morgan fingerprint density at radius 3 is 2.62 bits per heavy atom. The maximum atomic E-state index is 11.6. The number of aromatic nitrogens is 2. The molecule has 3 N–H and O–H groups in total. The molecule has 2 aromatic rings. The van der Waals surface area contributed by atoms with Gasteiger partial charge in [0.1, 0.15) is 0 Å². The summed E-state index contributed by atoms with van der Waals surface area (Å²) in [5.74, 6) is -0.149. The van der Waals surface area contributed by atoms with E-state index in [1.165, 1.54) is 5.56 Å². The van der Waals surface area contributed by atoms with Gasteiger partial charge in [0, 0.05) is 17.8 Å². The first-order chi connectivity index (χ1) is 9.99. The van der Waals surface area contributed by atoms with Gasteiger partial charge in [-0.05, 0) is 26.3 Å². The average Bonchev–Trinajstić information content (AvgIpc) is 2.72. The lowest BCUT2D eigenvalue weighted by molar-refractivity contribution is -0.122. The number of hydrogen-bond acceptors (Lipinski definition) is 3. The summed E-state index contributed by atoms with van der Waals surface area (Å²) in [5, 5.41) is 7.40. The summed E-state index contributed by atoms with van der Waals surface area (Å²) >= 11 is 0. The lowest BCUT2D eigenvalue weighted by atomic mass is 10.2. The highest BCUT2D eigenvalue weighted by Gasteiger charge is 2.14. The van der Waals surface area contributed by atoms with Crippen molar-refractivity contribution in [2.75, 3.05) is 0 Å². The molecule has 21 heavy (non-hydrogen) atoms. The predicted molar refractivity (Wildman–Crippen MR) is 82.7 cm³/mol. The molecule has 1 heterocycles. The van der Waals surface area contributed by atoms with E-state index in [4.69, 9.17) is 5.73 Å². The van der Waals surface area contributed by atoms with Gasteiger partial charge in [0.15, 0.2) is 0 Å². The highest BCUT2D eigenvalue weighted by molar-refractivity contribution is 5.80. The first kappa shape index (κ1) is 15.3. The molecule has 112 valence electrons. The van der Waals surface area contributed by atoms with E-state index < -0.39 is 6.04 Å². The third-order valence-corrected chi connectivity index (χ3v) is 3.56. The summed E-state index contributed by atoms with van der Waals surface area (Å²) in [6, 6.07) is 9.70. The molecule has 0 aliphatic heterocycles. The molecule has 5 heteroatoms. The number of carbonyl (C=O) groups excluding carboxylic acids is 1. The molecule has 1 aromatic heterocycles. The number of rotatable bonds is 5. The van der Waals surface area contributed by atoms with E-state index in [2.05, 4.69) is 22.5 Å². The highest BCUT2D eigenvalue weighted by atomic mass is 16.2. The number of carbonyl (C=O) groups is 1. The van der Waals surface area contributed by atoms with Crippen molar-refractivity contribution in [3.05, 3.63) is 52.8 Å². The van der Waals surface area contributed by atoms with Crippen LogP contribution in [-0.2, 0) is 17.9 Å². The van der Waals surface area contributed by atoms with Gasteiger partial charge in [-0.3, -0.25) is 9.48 Å². The summed E-state index contributed by atoms with van der Waals surface area (Å²) in [4.78, 5) is 11.6. The largest absolute Gasteiger partial charge is 0.351 e. The van der Waals surface area contributed by atoms with Crippen LogP contribution in [0.4, 0.5) is 0 Å². The molecule has 0 saturated carbocycles. The summed E-state index contributed by atoms with van der Waals surface area (Å²) < 4.78 is 1.97. The van der Waals surface area contributed by atoms with E-state index >= 15 is 0 Å². The second-order valence-electron chi connectivity index (χ2n) is 5.30. The van der Waals surface area contributed by atoms with E-state index in [0.29, 0.717) is 6.54 Å². The average molecular weight is 286 g/mol. The Kier molecular flexibility index (Phi) is 4.75. The van der Waals surface area contributed by atoms with Crippen molar-refractivity contribution in [3.63, 3.8) is 0 Å². The zero-order valence-electron chi connectivity index (χ0n) is 12.8. The third kappa shape index (κ3) is 3.70. The quantitative estimate of drug-likeness (QED) is 0.875. The number of amides is 1. The monoisotopic (exact) mass is 286 g/mol. The Balaban J connectivity index is 2.12. The SMILES string of the molecule is Cc1nn(Cc2ccccc2)c(C)c1CNC(=O)C(C)N. The van der Waals surface area contributed by atoms with Crippen LogP contribution in [0.2, 0.25) is 0 Å². The molecule has 0 bridgehead atoms. The van der Waals surface area contributed by atoms with E-state index in [0.717, 1.165) is 23.5 Å². The fraction of sp³-hybridized carbons (Fsp3) is 0.375. The topological polar surface area (TPSA) is 72.9 Å². The lowest BCUT2D eigenvalue weighted by Gasteiger charge is -2.09. The van der Waals surface area contributed by atoms with Gasteiger partial charge in [0.25, 0.3) is 0 Å². The van der Waals surface area contributed by atoms with Gasteiger partial charge >= 0.3 is 0 Å². The minimum Gasteiger partial charge on any atom is -0.351 e. The van der Waals surface area contributed by atoms with Crippen molar-refractivity contribution >= 4 is 5.91 Å². The number of aryl methyl sites for hydroxylation is 1. The van der Waals surface area contributed by atoms with Crippen LogP contribution in [-0.4, -0.2) is 21.7 Å². The second kappa shape index (κ2) is 6.54. The summed E-state index contributed by atoms with van der Waals surface area (Å²) in [6.45, 7) is 6.85. The first-order valence-corrected chi connectivity index (χ1v) is 7.09. The molecule has 5 nitrogen and oxygen atoms in total. The smallest absolute Gasteiger partial charge is 0.236 e. The van der Waals surface area contributed by atoms with Crippen LogP contribution in [0.15, 0.2) is 30.3 Å². The second-order valence-corrected chi connectivity index (χ2v) is 5.30. The van der Waals surface area contributed by atoms with Gasteiger partial charge in [-0.1, -0.05) is 30.3 Å². The van der Waals surface area contributed by atoms with Crippen molar-refractivity contribution in [3.8, 4) is 0 Å². The fourth-order valence-electron chi connectivity index (χ4n) is 2.24. The molecule has 0 aliphatic rings. The number of benzene rings is 1. The van der Waals surface area contributed by atoms with E-state index in [-0.39, 0.29) is 5.91 Å². The standard InChI is InChI=1S/C16H22N4O/c1-11(17)16(21)18-9-15-12(2)19-20(13(15)3)10-14-7-5-4-6-8-14/h4-8,11H,9-10,17H2,1-3H3,(H,18,21). The van der Waals surface area contributed by atoms with Crippen LogP contribution >= 0.6 is 0 Å². The highest BCUT2D eigenvalue weighted by Crippen LogP contribution is 2.14. The van der Waals surface area contributed by atoms with Gasteiger partial charge in [-0.25, -0.2) is 0 Å². The molecule has 0 radical (unpaired) electrons. The molecule has 1 aromatic carbocycles. The minimum atomic E-state index is -0.495. The third-order valence-electron chi connectivity index (χ3n) is 3.56. The van der Waals surface area contributed by atoms with Crippen LogP contribution in [0, 0.1) is 13.8 Å². The van der Waals surface area contributed by atoms with Gasteiger partial charge in [-0.2, -0.15) is 5.10 Å². The summed E-state index contributed by atoms with van der Waals surface area (Å²) in [6.07, 6.45) is 0. The van der Waals surface area contributed by atoms with Gasteiger partial charge in [0.2, 0.25) is 5.91 Å². The maximum absolute atomic E-state index is 11.6. The molecule has 0 aliphatic carbocycles. The minimum absolute atomic E-state index is 0.149. The predicted octanol–water partition coefficient (Wildman–Crippen LogP) is 1.51. The van der Waals surface area contributed by atoms with Crippen LogP contribution in [0.1, 0.15) is 29.4 Å². The van der Waals surface area contributed by atoms with Gasteiger partial charge in [-0.15, -0.1) is 0 Å². The number of nitrogens with one attached hydrogen (secondary N) is 1. The Morgan fingerprint density at radius 2 is 2.00 bits per heavy atom. The molecule has 0 saturated heterocycles. The molecule has 1 amide bonds. The summed E-state index contributed by atoms with van der Waals surface area (Å²) in [5.41, 5.74) is 9.82. The van der Waals surface area contributed by atoms with Crippen molar-refractivity contribution in [1.82, 2.24) is 15.1 Å². The van der Waals surface area contributed by atoms with E-state index in [1.807, 2.05) is 36.7 Å². The van der Waals surface area contributed by atoms with Crippen LogP contribution in [0.5, 0.6) is 0 Å². The lowest BCUT2D eigenvalue weighted by Crippen LogP contribution is -2.38. The maximum Gasteiger partial charge on any atom is 0.236 e. The van der Waals surface area contributed by atoms with Crippen LogP contribution < -0.4 is 11.1 Å². The van der Waals surface area contributed by atoms with E-state index in [1.54, 1.807) is 6.92 Å². The molecular formula is C16H22N4O. The molecule has 0 spiro atoms. The number of hydrogen-bond donors (Lipinski definition) is 2. The normalized spacial score (nSPS) is 12.2. The van der Waals surface area contributed by atoms with Crippen LogP contribution in [0.3, 0.4) is 0 Å². The fourth-order valence-corrected chi connectivity index (χ4v) is 2.24. The molecule has 1 unspecified atom stereocenters. The van der Waals surface area contributed by atoms with Gasteiger partial charge in [0.05, 0.1) is 18.3 Å².